The molecule has 1 fully saturated rings. The number of nitrogens with one attached hydrogen (secondary N) is 1. The molecule has 1 aromatic carbocycles. The van der Waals surface area contributed by atoms with Crippen LogP contribution in [0.4, 0.5) is 18.9 Å². The molecule has 2 heterocycles. The molecule has 0 amide bonds. The molecule has 2 aromatic rings. The van der Waals surface area contributed by atoms with Crippen LogP contribution < -0.4 is 10.2 Å². The fourth-order valence-corrected chi connectivity index (χ4v) is 2.39. The number of hydrogen-bond acceptors (Lipinski definition) is 4. The second-order valence-corrected chi connectivity index (χ2v) is 5.08. The molecule has 22 heavy (non-hydrogen) atoms. The maximum Gasteiger partial charge on any atom is 0.416 e. The van der Waals surface area contributed by atoms with Crippen LogP contribution in [-0.4, -0.2) is 36.1 Å². The first-order chi connectivity index (χ1) is 10.5. The predicted octanol–water partition coefficient (Wildman–Crippen LogP) is 2.57. The number of hydrogen-bond donors (Lipinski definition) is 1. The number of nitrogens with zero attached hydrogens (tertiary/aromatic N) is 3. The number of piperazine rings is 1. The minimum Gasteiger partial charge on any atom is -0.366 e. The maximum atomic E-state index is 12.7. The third-order valence-electron chi connectivity index (χ3n) is 3.57. The number of benzene rings is 1. The molecule has 0 unspecified atom stereocenters. The second kappa shape index (κ2) is 5.92. The van der Waals surface area contributed by atoms with Crippen molar-refractivity contribution in [1.82, 2.24) is 15.3 Å². The van der Waals surface area contributed by atoms with Gasteiger partial charge in [-0.2, -0.15) is 13.2 Å². The van der Waals surface area contributed by atoms with Gasteiger partial charge in [0.15, 0.2) is 5.82 Å². The summed E-state index contributed by atoms with van der Waals surface area (Å²) in [6.45, 7) is 3.53. The average Bonchev–Trinajstić information content (AvgIpc) is 2.55. The number of anilines is 1. The fourth-order valence-electron chi connectivity index (χ4n) is 2.39. The molecule has 1 aliphatic heterocycles. The van der Waals surface area contributed by atoms with Crippen molar-refractivity contribution >= 4 is 5.69 Å². The largest absolute Gasteiger partial charge is 0.416 e. The van der Waals surface area contributed by atoms with Gasteiger partial charge in [0.05, 0.1) is 23.6 Å². The van der Waals surface area contributed by atoms with Gasteiger partial charge in [-0.3, -0.25) is 0 Å². The maximum absolute atomic E-state index is 12.7. The van der Waals surface area contributed by atoms with Gasteiger partial charge in [-0.15, -0.1) is 0 Å². The topological polar surface area (TPSA) is 41.1 Å². The lowest BCUT2D eigenvalue weighted by molar-refractivity contribution is -0.137. The monoisotopic (exact) mass is 308 g/mol. The van der Waals surface area contributed by atoms with Gasteiger partial charge in [0.2, 0.25) is 0 Å². The summed E-state index contributed by atoms with van der Waals surface area (Å²) in [4.78, 5) is 10.6. The summed E-state index contributed by atoms with van der Waals surface area (Å²) < 4.78 is 38.2. The van der Waals surface area contributed by atoms with E-state index >= 15 is 0 Å². The van der Waals surface area contributed by atoms with E-state index in [0.717, 1.165) is 44.0 Å². The van der Waals surface area contributed by atoms with Crippen LogP contribution in [0.2, 0.25) is 0 Å². The van der Waals surface area contributed by atoms with Gasteiger partial charge in [-0.1, -0.05) is 12.1 Å². The van der Waals surface area contributed by atoms with Gasteiger partial charge in [-0.25, -0.2) is 9.97 Å². The minimum absolute atomic E-state index is 0.296. The van der Waals surface area contributed by atoms with E-state index in [0.29, 0.717) is 11.4 Å². The first-order valence-corrected chi connectivity index (χ1v) is 6.99. The van der Waals surface area contributed by atoms with Crippen molar-refractivity contribution in [3.05, 3.63) is 42.2 Å². The van der Waals surface area contributed by atoms with E-state index in [1.54, 1.807) is 18.5 Å². The quantitative estimate of drug-likeness (QED) is 0.926. The first-order valence-electron chi connectivity index (χ1n) is 6.99. The molecule has 1 aliphatic rings. The Balaban J connectivity index is 1.83. The molecule has 7 heteroatoms. The van der Waals surface area contributed by atoms with Gasteiger partial charge in [0.25, 0.3) is 0 Å². The van der Waals surface area contributed by atoms with Crippen molar-refractivity contribution < 1.29 is 13.2 Å². The highest BCUT2D eigenvalue weighted by molar-refractivity contribution is 5.58. The van der Waals surface area contributed by atoms with E-state index < -0.39 is 11.7 Å². The molecule has 1 N–H and O–H groups in total. The van der Waals surface area contributed by atoms with Gasteiger partial charge < -0.3 is 10.2 Å². The highest BCUT2D eigenvalue weighted by Crippen LogP contribution is 2.31. The zero-order valence-electron chi connectivity index (χ0n) is 11.8. The Hall–Kier alpha value is -2.15. The Morgan fingerprint density at radius 2 is 1.73 bits per heavy atom. The normalized spacial score (nSPS) is 15.9. The summed E-state index contributed by atoms with van der Waals surface area (Å²) in [6, 6.07) is 5.05. The molecule has 1 saturated heterocycles. The van der Waals surface area contributed by atoms with Crippen molar-refractivity contribution in [2.75, 3.05) is 31.1 Å². The molecule has 116 valence electrons. The van der Waals surface area contributed by atoms with Crippen LogP contribution in [0.3, 0.4) is 0 Å². The van der Waals surface area contributed by atoms with Crippen LogP contribution in [0.5, 0.6) is 0 Å². The summed E-state index contributed by atoms with van der Waals surface area (Å²) in [5, 5.41) is 3.25. The molecule has 0 radical (unpaired) electrons. The molecule has 0 aliphatic carbocycles. The van der Waals surface area contributed by atoms with Crippen LogP contribution in [0.15, 0.2) is 36.7 Å². The van der Waals surface area contributed by atoms with Crippen LogP contribution >= 0.6 is 0 Å². The molecule has 1 aromatic heterocycles. The zero-order chi connectivity index (χ0) is 15.6. The van der Waals surface area contributed by atoms with Gasteiger partial charge >= 0.3 is 6.18 Å². The van der Waals surface area contributed by atoms with Crippen molar-refractivity contribution in [3.8, 4) is 11.4 Å². The Morgan fingerprint density at radius 3 is 2.36 bits per heavy atom. The lowest BCUT2D eigenvalue weighted by Gasteiger charge is -2.28. The molecular formula is C15H15F3N4. The number of halogens is 3. The van der Waals surface area contributed by atoms with E-state index in [2.05, 4.69) is 20.2 Å². The van der Waals surface area contributed by atoms with Crippen molar-refractivity contribution in [2.45, 2.75) is 6.18 Å². The lowest BCUT2D eigenvalue weighted by atomic mass is 10.1. The Labute approximate surface area is 126 Å². The minimum atomic E-state index is -4.36. The molecule has 0 spiro atoms. The van der Waals surface area contributed by atoms with Crippen LogP contribution in [0.25, 0.3) is 11.4 Å². The summed E-state index contributed by atoms with van der Waals surface area (Å²) in [6.07, 6.45) is -1.04. The Morgan fingerprint density at radius 1 is 1.05 bits per heavy atom. The smallest absolute Gasteiger partial charge is 0.366 e. The van der Waals surface area contributed by atoms with Crippen molar-refractivity contribution in [2.24, 2.45) is 0 Å². The average molecular weight is 308 g/mol. The van der Waals surface area contributed by atoms with Gasteiger partial charge in [0, 0.05) is 31.7 Å². The third kappa shape index (κ3) is 3.19. The van der Waals surface area contributed by atoms with Gasteiger partial charge in [-0.05, 0) is 12.1 Å². The van der Waals surface area contributed by atoms with Crippen LogP contribution in [-0.2, 0) is 6.18 Å². The summed E-state index contributed by atoms with van der Waals surface area (Å²) in [5.41, 5.74) is 0.554. The molecule has 0 bridgehead atoms. The number of aromatic nitrogens is 2. The zero-order valence-corrected chi connectivity index (χ0v) is 11.8. The SMILES string of the molecule is FC(F)(F)c1cccc(-c2ncc(N3CCNCC3)cn2)c1. The molecular weight excluding hydrogens is 293 g/mol. The van der Waals surface area contributed by atoms with Gasteiger partial charge in [0.1, 0.15) is 0 Å². The number of rotatable bonds is 2. The lowest BCUT2D eigenvalue weighted by Crippen LogP contribution is -2.43. The summed E-state index contributed by atoms with van der Waals surface area (Å²) >= 11 is 0. The van der Waals surface area contributed by atoms with Crippen molar-refractivity contribution in [1.29, 1.82) is 0 Å². The first kappa shape index (κ1) is 14.8. The van der Waals surface area contributed by atoms with Crippen LogP contribution in [0.1, 0.15) is 5.56 Å². The Bertz CT molecular complexity index is 634. The standard InChI is InChI=1S/C15H15F3N4/c16-15(17,18)12-3-1-2-11(8-12)14-20-9-13(10-21-14)22-6-4-19-5-7-22/h1-3,8-10,19H,4-7H2. The summed E-state index contributed by atoms with van der Waals surface area (Å²) in [5.74, 6) is 0.296. The second-order valence-electron chi connectivity index (χ2n) is 5.08. The molecule has 4 nitrogen and oxygen atoms in total. The van der Waals surface area contributed by atoms with Crippen molar-refractivity contribution in [3.63, 3.8) is 0 Å². The highest BCUT2D eigenvalue weighted by atomic mass is 19.4. The summed E-state index contributed by atoms with van der Waals surface area (Å²) in [7, 11) is 0. The molecule has 3 rings (SSSR count). The molecule has 0 atom stereocenters. The third-order valence-corrected chi connectivity index (χ3v) is 3.57. The van der Waals surface area contributed by atoms with E-state index in [1.165, 1.54) is 6.07 Å². The van der Waals surface area contributed by atoms with E-state index in [9.17, 15) is 13.2 Å². The van der Waals surface area contributed by atoms with E-state index in [4.69, 9.17) is 0 Å². The highest BCUT2D eigenvalue weighted by Gasteiger charge is 2.30. The van der Waals surface area contributed by atoms with Crippen LogP contribution in [0, 0.1) is 0 Å². The number of alkyl halides is 3. The van der Waals surface area contributed by atoms with E-state index in [-0.39, 0.29) is 0 Å². The fraction of sp³-hybridized carbons (Fsp3) is 0.333. The predicted molar refractivity (Wildman–Crippen MR) is 77.6 cm³/mol. The van der Waals surface area contributed by atoms with E-state index in [1.807, 2.05) is 0 Å². The molecule has 0 saturated carbocycles. The Kier molecular flexibility index (Phi) is 3.98.